The van der Waals surface area contributed by atoms with Gasteiger partial charge < -0.3 is 10.6 Å². The lowest BCUT2D eigenvalue weighted by molar-refractivity contribution is 0.0993. The van der Waals surface area contributed by atoms with Gasteiger partial charge in [-0.3, -0.25) is 9.78 Å². The van der Waals surface area contributed by atoms with E-state index in [9.17, 15) is 4.79 Å². The highest BCUT2D eigenvalue weighted by molar-refractivity contribution is 7.21. The van der Waals surface area contributed by atoms with Crippen LogP contribution in [0.4, 0.5) is 11.4 Å². The Morgan fingerprint density at radius 1 is 1.11 bits per heavy atom. The van der Waals surface area contributed by atoms with Crippen molar-refractivity contribution in [2.24, 2.45) is 0 Å². The Labute approximate surface area is 161 Å². The Balaban J connectivity index is 1.76. The second-order valence-corrected chi connectivity index (χ2v) is 7.02. The van der Waals surface area contributed by atoms with E-state index in [4.69, 9.17) is 10.7 Å². The number of aromatic nitrogens is 2. The number of carbonyl (C=O) groups is 1. The first-order valence-corrected chi connectivity index (χ1v) is 9.47. The number of nitrogens with zero attached hydrogens (tertiary/aromatic N) is 3. The molecule has 0 saturated carbocycles. The number of carbonyl (C=O) groups excluding carboxylic acids is 1. The summed E-state index contributed by atoms with van der Waals surface area (Å²) in [5.41, 5.74) is 9.39. The number of amides is 1. The van der Waals surface area contributed by atoms with Crippen LogP contribution < -0.4 is 10.6 Å². The summed E-state index contributed by atoms with van der Waals surface area (Å²) < 4.78 is 0. The van der Waals surface area contributed by atoms with Gasteiger partial charge in [0.05, 0.1) is 11.4 Å². The van der Waals surface area contributed by atoms with E-state index >= 15 is 0 Å². The maximum Gasteiger partial charge on any atom is 0.270 e. The molecule has 0 aliphatic heterocycles. The normalized spacial score (nSPS) is 10.9. The highest BCUT2D eigenvalue weighted by atomic mass is 32.1. The van der Waals surface area contributed by atoms with Crippen molar-refractivity contribution in [3.05, 3.63) is 71.9 Å². The van der Waals surface area contributed by atoms with E-state index in [2.05, 4.69) is 4.98 Å². The van der Waals surface area contributed by atoms with E-state index in [1.54, 1.807) is 17.3 Å². The van der Waals surface area contributed by atoms with E-state index in [-0.39, 0.29) is 5.91 Å². The molecule has 0 fully saturated rings. The number of hydrogen-bond acceptors (Lipinski definition) is 5. The highest BCUT2D eigenvalue weighted by Crippen LogP contribution is 2.35. The van der Waals surface area contributed by atoms with E-state index in [1.807, 2.05) is 61.5 Å². The maximum absolute atomic E-state index is 13.1. The van der Waals surface area contributed by atoms with Crippen molar-refractivity contribution in [2.45, 2.75) is 6.92 Å². The first-order valence-electron chi connectivity index (χ1n) is 8.65. The van der Waals surface area contributed by atoms with Gasteiger partial charge in [-0.25, -0.2) is 4.98 Å². The van der Waals surface area contributed by atoms with Crippen molar-refractivity contribution in [1.82, 2.24) is 9.97 Å². The number of nitrogens with two attached hydrogens (primary N) is 1. The van der Waals surface area contributed by atoms with Gasteiger partial charge in [0.15, 0.2) is 0 Å². The number of thiophene rings is 1. The number of pyridine rings is 2. The van der Waals surface area contributed by atoms with Gasteiger partial charge in [-0.05, 0) is 43.3 Å². The zero-order valence-corrected chi connectivity index (χ0v) is 15.6. The SMILES string of the molecule is CCN(C(=O)c1sc2nc(-c3cccnc3)ccc2c1N)c1ccccc1. The average molecular weight is 374 g/mol. The van der Waals surface area contributed by atoms with Crippen LogP contribution in [-0.2, 0) is 0 Å². The van der Waals surface area contributed by atoms with Gasteiger partial charge in [0.2, 0.25) is 0 Å². The molecule has 4 rings (SSSR count). The van der Waals surface area contributed by atoms with Gasteiger partial charge in [-0.2, -0.15) is 0 Å². The first kappa shape index (κ1) is 17.2. The molecule has 5 nitrogen and oxygen atoms in total. The fourth-order valence-electron chi connectivity index (χ4n) is 3.01. The fourth-order valence-corrected chi connectivity index (χ4v) is 4.05. The van der Waals surface area contributed by atoms with Crippen LogP contribution in [0, 0.1) is 0 Å². The minimum Gasteiger partial charge on any atom is -0.397 e. The van der Waals surface area contributed by atoms with Gasteiger partial charge >= 0.3 is 0 Å². The largest absolute Gasteiger partial charge is 0.397 e. The van der Waals surface area contributed by atoms with Crippen LogP contribution in [0.3, 0.4) is 0 Å². The summed E-state index contributed by atoms with van der Waals surface area (Å²) in [6.45, 7) is 2.51. The summed E-state index contributed by atoms with van der Waals surface area (Å²) in [4.78, 5) is 25.0. The van der Waals surface area contributed by atoms with Crippen LogP contribution in [0.1, 0.15) is 16.6 Å². The van der Waals surface area contributed by atoms with Crippen molar-refractivity contribution in [3.8, 4) is 11.3 Å². The van der Waals surface area contributed by atoms with Gasteiger partial charge in [0.1, 0.15) is 9.71 Å². The molecule has 0 saturated heterocycles. The molecule has 0 atom stereocenters. The molecule has 0 bridgehead atoms. The Morgan fingerprint density at radius 3 is 2.63 bits per heavy atom. The zero-order chi connectivity index (χ0) is 18.8. The number of para-hydroxylation sites is 1. The monoisotopic (exact) mass is 374 g/mol. The van der Waals surface area contributed by atoms with E-state index in [1.165, 1.54) is 11.3 Å². The predicted octanol–water partition coefficient (Wildman–Crippen LogP) is 4.61. The van der Waals surface area contributed by atoms with Gasteiger partial charge in [0, 0.05) is 35.6 Å². The van der Waals surface area contributed by atoms with Crippen molar-refractivity contribution in [3.63, 3.8) is 0 Å². The number of fused-ring (bicyclic) bond motifs is 1. The molecule has 6 heteroatoms. The van der Waals surface area contributed by atoms with E-state index < -0.39 is 0 Å². The maximum atomic E-state index is 13.1. The molecular formula is C21H18N4OS. The third kappa shape index (κ3) is 3.15. The molecular weight excluding hydrogens is 356 g/mol. The minimum absolute atomic E-state index is 0.105. The lowest BCUT2D eigenvalue weighted by Crippen LogP contribution is -2.30. The van der Waals surface area contributed by atoms with E-state index in [0.717, 1.165) is 27.2 Å². The Kier molecular flexibility index (Phi) is 4.56. The van der Waals surface area contributed by atoms with E-state index in [0.29, 0.717) is 17.1 Å². The van der Waals surface area contributed by atoms with Crippen molar-refractivity contribution in [1.29, 1.82) is 0 Å². The second-order valence-electron chi connectivity index (χ2n) is 6.02. The zero-order valence-electron chi connectivity index (χ0n) is 14.8. The number of rotatable bonds is 4. The van der Waals surface area contributed by atoms with Crippen molar-refractivity contribution in [2.75, 3.05) is 17.2 Å². The quantitative estimate of drug-likeness (QED) is 0.566. The van der Waals surface area contributed by atoms with Crippen molar-refractivity contribution < 1.29 is 4.79 Å². The summed E-state index contributed by atoms with van der Waals surface area (Å²) in [6.07, 6.45) is 3.50. The van der Waals surface area contributed by atoms with Crippen LogP contribution in [0.25, 0.3) is 21.5 Å². The van der Waals surface area contributed by atoms with Gasteiger partial charge in [-0.1, -0.05) is 18.2 Å². The van der Waals surface area contributed by atoms with Crippen LogP contribution in [-0.4, -0.2) is 22.4 Å². The third-order valence-electron chi connectivity index (χ3n) is 4.37. The Morgan fingerprint density at radius 2 is 1.93 bits per heavy atom. The molecule has 27 heavy (non-hydrogen) atoms. The molecule has 2 N–H and O–H groups in total. The summed E-state index contributed by atoms with van der Waals surface area (Å²) >= 11 is 1.33. The summed E-state index contributed by atoms with van der Waals surface area (Å²) in [7, 11) is 0. The fraction of sp³-hybridized carbons (Fsp3) is 0.0952. The summed E-state index contributed by atoms with van der Waals surface area (Å²) in [5.74, 6) is -0.105. The average Bonchev–Trinajstić information content (AvgIpc) is 3.06. The molecule has 0 radical (unpaired) electrons. The molecule has 3 aromatic heterocycles. The highest BCUT2D eigenvalue weighted by Gasteiger charge is 2.23. The smallest absolute Gasteiger partial charge is 0.270 e. The third-order valence-corrected chi connectivity index (χ3v) is 5.48. The molecule has 3 heterocycles. The summed E-state index contributed by atoms with van der Waals surface area (Å²) in [5, 5.41) is 0.806. The van der Waals surface area contributed by atoms with Crippen molar-refractivity contribution >= 4 is 38.8 Å². The lowest BCUT2D eigenvalue weighted by atomic mass is 10.1. The van der Waals surface area contributed by atoms with Crippen LogP contribution in [0.2, 0.25) is 0 Å². The molecule has 0 unspecified atom stereocenters. The standard InChI is InChI=1S/C21H18N4OS/c1-2-25(15-8-4-3-5-9-15)21(26)19-18(22)16-10-11-17(24-20(16)27-19)14-7-6-12-23-13-14/h3-13H,2,22H2,1H3. The predicted molar refractivity (Wildman–Crippen MR) is 111 cm³/mol. The molecule has 0 aliphatic carbocycles. The molecule has 1 aromatic carbocycles. The topological polar surface area (TPSA) is 72.1 Å². The number of nitrogen functional groups attached to an aromatic ring is 1. The Hall–Kier alpha value is -3.25. The Bertz CT molecular complexity index is 1090. The molecule has 0 aliphatic rings. The molecule has 0 spiro atoms. The van der Waals surface area contributed by atoms with Gasteiger partial charge in [0.25, 0.3) is 5.91 Å². The number of anilines is 2. The number of benzene rings is 1. The molecule has 1 amide bonds. The lowest BCUT2D eigenvalue weighted by Gasteiger charge is -2.20. The van der Waals surface area contributed by atoms with Crippen LogP contribution in [0.15, 0.2) is 67.0 Å². The second kappa shape index (κ2) is 7.17. The summed E-state index contributed by atoms with van der Waals surface area (Å²) in [6, 6.07) is 17.3. The number of hydrogen-bond donors (Lipinski definition) is 1. The minimum atomic E-state index is -0.105. The van der Waals surface area contributed by atoms with Gasteiger partial charge in [-0.15, -0.1) is 11.3 Å². The van der Waals surface area contributed by atoms with Crippen LogP contribution in [0.5, 0.6) is 0 Å². The van der Waals surface area contributed by atoms with Crippen LogP contribution >= 0.6 is 11.3 Å². The molecule has 4 aromatic rings. The molecule has 134 valence electrons. The first-order chi connectivity index (χ1) is 13.2.